The fourth-order valence-corrected chi connectivity index (χ4v) is 2.16. The molecule has 0 N–H and O–H groups in total. The number of aryl methyl sites for hydroxylation is 1. The summed E-state index contributed by atoms with van der Waals surface area (Å²) in [5.41, 5.74) is 3.89. The SMILES string of the molecule is c1ccc2c(c1)CCC1CON=C21. The Balaban J connectivity index is 2.15. The van der Waals surface area contributed by atoms with Gasteiger partial charge in [0.05, 0.1) is 5.71 Å². The van der Waals surface area contributed by atoms with E-state index < -0.39 is 0 Å². The third-order valence-corrected chi connectivity index (χ3v) is 2.88. The Morgan fingerprint density at radius 2 is 2.23 bits per heavy atom. The first-order chi connectivity index (χ1) is 6.45. The van der Waals surface area contributed by atoms with Crippen molar-refractivity contribution in [2.45, 2.75) is 12.8 Å². The predicted molar refractivity (Wildman–Crippen MR) is 50.7 cm³/mol. The van der Waals surface area contributed by atoms with Crippen molar-refractivity contribution in [3.63, 3.8) is 0 Å². The molecule has 13 heavy (non-hydrogen) atoms. The van der Waals surface area contributed by atoms with E-state index in [1.54, 1.807) is 0 Å². The lowest BCUT2D eigenvalue weighted by Crippen LogP contribution is -2.21. The van der Waals surface area contributed by atoms with Crippen LogP contribution in [0.2, 0.25) is 0 Å². The van der Waals surface area contributed by atoms with E-state index in [4.69, 9.17) is 4.84 Å². The van der Waals surface area contributed by atoms with Gasteiger partial charge in [0.15, 0.2) is 0 Å². The predicted octanol–water partition coefficient (Wildman–Crippen LogP) is 1.98. The highest BCUT2D eigenvalue weighted by molar-refractivity contribution is 6.04. The highest BCUT2D eigenvalue weighted by Crippen LogP contribution is 2.29. The smallest absolute Gasteiger partial charge is 0.125 e. The average Bonchev–Trinajstić information content (AvgIpc) is 2.65. The topological polar surface area (TPSA) is 21.6 Å². The third kappa shape index (κ3) is 0.981. The van der Waals surface area contributed by atoms with Crippen LogP contribution in [0.25, 0.3) is 0 Å². The quantitative estimate of drug-likeness (QED) is 0.588. The van der Waals surface area contributed by atoms with Gasteiger partial charge in [-0.2, -0.15) is 0 Å². The maximum Gasteiger partial charge on any atom is 0.125 e. The van der Waals surface area contributed by atoms with Crippen LogP contribution in [-0.4, -0.2) is 12.3 Å². The van der Waals surface area contributed by atoms with Crippen LogP contribution in [0.3, 0.4) is 0 Å². The summed E-state index contributed by atoms with van der Waals surface area (Å²) in [7, 11) is 0. The van der Waals surface area contributed by atoms with Crippen LogP contribution in [0.15, 0.2) is 29.4 Å². The fourth-order valence-electron chi connectivity index (χ4n) is 2.16. The van der Waals surface area contributed by atoms with Crippen LogP contribution < -0.4 is 0 Å². The number of hydrogen-bond donors (Lipinski definition) is 0. The summed E-state index contributed by atoms with van der Waals surface area (Å²) in [6, 6.07) is 8.50. The normalized spacial score (nSPS) is 24.3. The van der Waals surface area contributed by atoms with Crippen LogP contribution in [0.1, 0.15) is 17.5 Å². The van der Waals surface area contributed by atoms with E-state index in [1.165, 1.54) is 29.7 Å². The lowest BCUT2D eigenvalue weighted by atomic mass is 9.83. The zero-order valence-electron chi connectivity index (χ0n) is 7.36. The number of hydrogen-bond acceptors (Lipinski definition) is 2. The van der Waals surface area contributed by atoms with Crippen molar-refractivity contribution in [2.24, 2.45) is 11.1 Å². The second-order valence-corrected chi connectivity index (χ2v) is 3.67. The van der Waals surface area contributed by atoms with E-state index >= 15 is 0 Å². The van der Waals surface area contributed by atoms with Crippen molar-refractivity contribution in [2.75, 3.05) is 6.61 Å². The Morgan fingerprint density at radius 3 is 3.23 bits per heavy atom. The molecule has 2 aliphatic rings. The zero-order chi connectivity index (χ0) is 8.67. The Kier molecular flexibility index (Phi) is 1.42. The number of nitrogens with zero attached hydrogens (tertiary/aromatic N) is 1. The first-order valence-electron chi connectivity index (χ1n) is 4.73. The largest absolute Gasteiger partial charge is 0.395 e. The van der Waals surface area contributed by atoms with Gasteiger partial charge < -0.3 is 4.84 Å². The van der Waals surface area contributed by atoms with Gasteiger partial charge in [-0.1, -0.05) is 29.4 Å². The molecule has 0 fully saturated rings. The Bertz CT molecular complexity index is 370. The molecule has 1 aromatic carbocycles. The van der Waals surface area contributed by atoms with Gasteiger partial charge in [0, 0.05) is 11.5 Å². The summed E-state index contributed by atoms with van der Waals surface area (Å²) in [5.74, 6) is 0.551. The second-order valence-electron chi connectivity index (χ2n) is 3.67. The van der Waals surface area contributed by atoms with Crippen LogP contribution in [0, 0.1) is 5.92 Å². The highest BCUT2D eigenvalue weighted by Gasteiger charge is 2.29. The second kappa shape index (κ2) is 2.59. The summed E-state index contributed by atoms with van der Waals surface area (Å²) in [5, 5.41) is 4.12. The molecule has 2 nitrogen and oxygen atoms in total. The van der Waals surface area contributed by atoms with Gasteiger partial charge in [-0.3, -0.25) is 0 Å². The lowest BCUT2D eigenvalue weighted by molar-refractivity contribution is 0.153. The molecule has 1 aliphatic heterocycles. The molecule has 0 aromatic heterocycles. The minimum atomic E-state index is 0.551. The molecule has 0 spiro atoms. The summed E-state index contributed by atoms with van der Waals surface area (Å²) >= 11 is 0. The molecule has 0 amide bonds. The van der Waals surface area contributed by atoms with Crippen molar-refractivity contribution in [3.05, 3.63) is 35.4 Å². The van der Waals surface area contributed by atoms with Gasteiger partial charge in [0.1, 0.15) is 6.61 Å². The first kappa shape index (κ1) is 7.13. The molecule has 0 radical (unpaired) electrons. The standard InChI is InChI=1S/C11H11NO/c1-2-4-10-8(3-1)5-6-9-7-13-12-11(9)10/h1-4,9H,5-7H2. The van der Waals surface area contributed by atoms with Gasteiger partial charge in [-0.25, -0.2) is 0 Å². The van der Waals surface area contributed by atoms with Crippen LogP contribution >= 0.6 is 0 Å². The van der Waals surface area contributed by atoms with E-state index in [1.807, 2.05) is 0 Å². The number of fused-ring (bicyclic) bond motifs is 3. The summed E-state index contributed by atoms with van der Waals surface area (Å²) < 4.78 is 0. The van der Waals surface area contributed by atoms with E-state index in [0.29, 0.717) is 5.92 Å². The van der Waals surface area contributed by atoms with E-state index in [9.17, 15) is 0 Å². The summed E-state index contributed by atoms with van der Waals surface area (Å²) in [6.07, 6.45) is 2.36. The van der Waals surface area contributed by atoms with Gasteiger partial charge in [-0.15, -0.1) is 0 Å². The molecule has 2 heteroatoms. The summed E-state index contributed by atoms with van der Waals surface area (Å²) in [6.45, 7) is 0.781. The van der Waals surface area contributed by atoms with E-state index in [-0.39, 0.29) is 0 Å². The zero-order valence-corrected chi connectivity index (χ0v) is 7.36. The van der Waals surface area contributed by atoms with Gasteiger partial charge >= 0.3 is 0 Å². The van der Waals surface area contributed by atoms with Crippen LogP contribution in [0.5, 0.6) is 0 Å². The summed E-state index contributed by atoms with van der Waals surface area (Å²) in [4.78, 5) is 5.14. The van der Waals surface area contributed by atoms with Crippen molar-refractivity contribution < 1.29 is 4.84 Å². The molecule has 1 aliphatic carbocycles. The maximum absolute atomic E-state index is 5.14. The number of rotatable bonds is 0. The molecule has 1 atom stereocenters. The molecular weight excluding hydrogens is 162 g/mol. The first-order valence-corrected chi connectivity index (χ1v) is 4.73. The monoisotopic (exact) mass is 173 g/mol. The van der Waals surface area contributed by atoms with E-state index in [2.05, 4.69) is 29.4 Å². The van der Waals surface area contributed by atoms with Gasteiger partial charge in [-0.05, 0) is 18.4 Å². The lowest BCUT2D eigenvalue weighted by Gasteiger charge is -2.19. The molecule has 3 rings (SSSR count). The Hall–Kier alpha value is -1.31. The van der Waals surface area contributed by atoms with Crippen molar-refractivity contribution >= 4 is 5.71 Å². The third-order valence-electron chi connectivity index (χ3n) is 2.88. The fraction of sp³-hybridized carbons (Fsp3) is 0.364. The molecule has 1 unspecified atom stereocenters. The molecule has 0 saturated carbocycles. The van der Waals surface area contributed by atoms with Gasteiger partial charge in [0.2, 0.25) is 0 Å². The van der Waals surface area contributed by atoms with E-state index in [0.717, 1.165) is 6.61 Å². The Labute approximate surface area is 77.2 Å². The van der Waals surface area contributed by atoms with Crippen molar-refractivity contribution in [1.82, 2.24) is 0 Å². The molecule has 1 heterocycles. The molecule has 1 aromatic rings. The maximum atomic E-state index is 5.14. The molecule has 66 valence electrons. The minimum absolute atomic E-state index is 0.551. The Morgan fingerprint density at radius 1 is 1.31 bits per heavy atom. The average molecular weight is 173 g/mol. The highest BCUT2D eigenvalue weighted by atomic mass is 16.6. The molecule has 0 saturated heterocycles. The number of oxime groups is 1. The van der Waals surface area contributed by atoms with Crippen LogP contribution in [-0.2, 0) is 11.3 Å². The van der Waals surface area contributed by atoms with Gasteiger partial charge in [0.25, 0.3) is 0 Å². The molecule has 0 bridgehead atoms. The van der Waals surface area contributed by atoms with Crippen molar-refractivity contribution in [1.29, 1.82) is 0 Å². The minimum Gasteiger partial charge on any atom is -0.395 e. The van der Waals surface area contributed by atoms with Crippen LogP contribution in [0.4, 0.5) is 0 Å². The molecular formula is C11H11NO. The number of benzene rings is 1. The van der Waals surface area contributed by atoms with Crippen molar-refractivity contribution in [3.8, 4) is 0 Å².